The first-order valence-corrected chi connectivity index (χ1v) is 6.44. The number of hydrogen-bond donors (Lipinski definition) is 1. The molecule has 0 aliphatic carbocycles. The lowest BCUT2D eigenvalue weighted by Crippen LogP contribution is -2.26. The fourth-order valence-corrected chi connectivity index (χ4v) is 2.58. The van der Waals surface area contributed by atoms with Crippen molar-refractivity contribution in [3.05, 3.63) is 20.8 Å². The first kappa shape index (κ1) is 12.7. The standard InChI is InChI=1S/C10H14BrNO2S/c1-2-14-10(13)7-12-6-5-8-3-4-9(11)15-8/h3-4,12H,2,5-7H2,1H3. The summed E-state index contributed by atoms with van der Waals surface area (Å²) in [6, 6.07) is 4.12. The van der Waals surface area contributed by atoms with Crippen LogP contribution in [0.1, 0.15) is 11.8 Å². The molecule has 0 aromatic carbocycles. The Balaban J connectivity index is 2.09. The van der Waals surface area contributed by atoms with E-state index in [2.05, 4.69) is 27.3 Å². The Kier molecular flexibility index (Phi) is 5.90. The van der Waals surface area contributed by atoms with Crippen LogP contribution in [0.3, 0.4) is 0 Å². The van der Waals surface area contributed by atoms with E-state index in [4.69, 9.17) is 4.74 Å². The molecule has 0 spiro atoms. The van der Waals surface area contributed by atoms with Gasteiger partial charge in [0, 0.05) is 11.4 Å². The molecule has 0 amide bonds. The molecule has 84 valence electrons. The van der Waals surface area contributed by atoms with E-state index in [-0.39, 0.29) is 5.97 Å². The average molecular weight is 292 g/mol. The summed E-state index contributed by atoms with van der Waals surface area (Å²) in [4.78, 5) is 12.3. The fraction of sp³-hybridized carbons (Fsp3) is 0.500. The lowest BCUT2D eigenvalue weighted by atomic mass is 10.3. The molecule has 1 N–H and O–H groups in total. The van der Waals surface area contributed by atoms with E-state index in [0.29, 0.717) is 13.2 Å². The third kappa shape index (κ3) is 5.30. The summed E-state index contributed by atoms with van der Waals surface area (Å²) in [6.07, 6.45) is 0.940. The summed E-state index contributed by atoms with van der Waals surface area (Å²) in [5.74, 6) is -0.190. The zero-order chi connectivity index (χ0) is 11.1. The molecule has 0 saturated heterocycles. The predicted octanol–water partition coefficient (Wildman–Crippen LogP) is 2.21. The summed E-state index contributed by atoms with van der Waals surface area (Å²) in [5.41, 5.74) is 0. The van der Waals surface area contributed by atoms with Gasteiger partial charge in [-0.25, -0.2) is 0 Å². The van der Waals surface area contributed by atoms with Crippen molar-refractivity contribution in [2.45, 2.75) is 13.3 Å². The van der Waals surface area contributed by atoms with Crippen molar-refractivity contribution in [3.63, 3.8) is 0 Å². The molecule has 0 unspecified atom stereocenters. The van der Waals surface area contributed by atoms with Crippen molar-refractivity contribution in [1.82, 2.24) is 5.32 Å². The Morgan fingerprint density at radius 2 is 2.40 bits per heavy atom. The molecule has 1 aromatic heterocycles. The van der Waals surface area contributed by atoms with Gasteiger partial charge in [0.25, 0.3) is 0 Å². The van der Waals surface area contributed by atoms with Crippen LogP contribution in [-0.2, 0) is 16.0 Å². The Morgan fingerprint density at radius 3 is 3.00 bits per heavy atom. The molecular formula is C10H14BrNO2S. The lowest BCUT2D eigenvalue weighted by molar-refractivity contribution is -0.141. The topological polar surface area (TPSA) is 38.3 Å². The first-order chi connectivity index (χ1) is 7.22. The van der Waals surface area contributed by atoms with Crippen LogP contribution in [0.5, 0.6) is 0 Å². The molecule has 3 nitrogen and oxygen atoms in total. The van der Waals surface area contributed by atoms with Crippen LogP contribution >= 0.6 is 27.3 Å². The zero-order valence-electron chi connectivity index (χ0n) is 8.59. The molecule has 0 atom stereocenters. The molecule has 5 heteroatoms. The maximum absolute atomic E-state index is 11.0. The highest BCUT2D eigenvalue weighted by Gasteiger charge is 2.01. The molecule has 0 radical (unpaired) electrons. The third-order valence-corrected chi connectivity index (χ3v) is 3.44. The van der Waals surface area contributed by atoms with Gasteiger partial charge in [-0.3, -0.25) is 4.79 Å². The van der Waals surface area contributed by atoms with Gasteiger partial charge in [-0.2, -0.15) is 0 Å². The van der Waals surface area contributed by atoms with Gasteiger partial charge < -0.3 is 10.1 Å². The molecule has 0 bridgehead atoms. The number of nitrogens with one attached hydrogen (secondary N) is 1. The van der Waals surface area contributed by atoms with Crippen molar-refractivity contribution in [2.75, 3.05) is 19.7 Å². The summed E-state index contributed by atoms with van der Waals surface area (Å²) < 4.78 is 5.93. The second-order valence-corrected chi connectivity index (χ2v) is 5.49. The van der Waals surface area contributed by atoms with E-state index < -0.39 is 0 Å². The summed E-state index contributed by atoms with van der Waals surface area (Å²) in [7, 11) is 0. The van der Waals surface area contributed by atoms with E-state index in [9.17, 15) is 4.79 Å². The minimum absolute atomic E-state index is 0.190. The van der Waals surface area contributed by atoms with Gasteiger partial charge in [0.2, 0.25) is 0 Å². The minimum atomic E-state index is -0.190. The van der Waals surface area contributed by atoms with Crippen LogP contribution in [0.2, 0.25) is 0 Å². The number of carbonyl (C=O) groups excluding carboxylic acids is 1. The van der Waals surface area contributed by atoms with Gasteiger partial charge in [-0.1, -0.05) is 0 Å². The van der Waals surface area contributed by atoms with Crippen molar-refractivity contribution < 1.29 is 9.53 Å². The quantitative estimate of drug-likeness (QED) is 0.645. The number of hydrogen-bond acceptors (Lipinski definition) is 4. The molecule has 1 aromatic rings. The number of ether oxygens (including phenoxy) is 1. The molecular weight excluding hydrogens is 278 g/mol. The van der Waals surface area contributed by atoms with Crippen molar-refractivity contribution in [1.29, 1.82) is 0 Å². The molecule has 0 aliphatic rings. The highest BCUT2D eigenvalue weighted by atomic mass is 79.9. The van der Waals surface area contributed by atoms with E-state index >= 15 is 0 Å². The van der Waals surface area contributed by atoms with E-state index in [1.165, 1.54) is 4.88 Å². The molecule has 1 heterocycles. The molecule has 15 heavy (non-hydrogen) atoms. The monoisotopic (exact) mass is 291 g/mol. The molecule has 0 fully saturated rings. The van der Waals surface area contributed by atoms with Crippen molar-refractivity contribution in [2.24, 2.45) is 0 Å². The Bertz CT molecular complexity index is 314. The normalized spacial score (nSPS) is 10.3. The highest BCUT2D eigenvalue weighted by molar-refractivity contribution is 9.11. The fourth-order valence-electron chi connectivity index (χ4n) is 1.10. The van der Waals surface area contributed by atoms with Gasteiger partial charge in [-0.15, -0.1) is 11.3 Å². The van der Waals surface area contributed by atoms with Gasteiger partial charge in [0.1, 0.15) is 0 Å². The Labute approximate surface area is 102 Å². The maximum atomic E-state index is 11.0. The number of esters is 1. The third-order valence-electron chi connectivity index (χ3n) is 1.75. The number of thiophene rings is 1. The average Bonchev–Trinajstić information content (AvgIpc) is 2.60. The Morgan fingerprint density at radius 1 is 1.60 bits per heavy atom. The largest absolute Gasteiger partial charge is 0.465 e. The van der Waals surface area contributed by atoms with Gasteiger partial charge in [-0.05, 0) is 41.4 Å². The van der Waals surface area contributed by atoms with Crippen LogP contribution < -0.4 is 5.32 Å². The number of carbonyl (C=O) groups is 1. The molecule has 0 aliphatic heterocycles. The summed E-state index contributed by atoms with van der Waals surface area (Å²) in [5, 5.41) is 3.04. The SMILES string of the molecule is CCOC(=O)CNCCc1ccc(Br)s1. The molecule has 1 rings (SSSR count). The van der Waals surface area contributed by atoms with Gasteiger partial charge in [0.15, 0.2) is 0 Å². The van der Waals surface area contributed by atoms with Gasteiger partial charge >= 0.3 is 5.97 Å². The second-order valence-electron chi connectivity index (χ2n) is 2.94. The van der Waals surface area contributed by atoms with Crippen molar-refractivity contribution in [3.8, 4) is 0 Å². The van der Waals surface area contributed by atoms with E-state index in [1.807, 2.05) is 6.07 Å². The number of halogens is 1. The minimum Gasteiger partial charge on any atom is -0.465 e. The highest BCUT2D eigenvalue weighted by Crippen LogP contribution is 2.21. The van der Waals surface area contributed by atoms with E-state index in [1.54, 1.807) is 18.3 Å². The Hall–Kier alpha value is -0.390. The lowest BCUT2D eigenvalue weighted by Gasteiger charge is -2.03. The first-order valence-electron chi connectivity index (χ1n) is 4.83. The van der Waals surface area contributed by atoms with Crippen LogP contribution in [0, 0.1) is 0 Å². The van der Waals surface area contributed by atoms with Crippen LogP contribution in [0.25, 0.3) is 0 Å². The van der Waals surface area contributed by atoms with Crippen LogP contribution in [0.15, 0.2) is 15.9 Å². The predicted molar refractivity (Wildman–Crippen MR) is 65.2 cm³/mol. The van der Waals surface area contributed by atoms with Crippen LogP contribution in [-0.4, -0.2) is 25.7 Å². The second kappa shape index (κ2) is 6.98. The summed E-state index contributed by atoms with van der Waals surface area (Å²) >= 11 is 5.13. The molecule has 0 saturated carbocycles. The number of rotatable bonds is 6. The van der Waals surface area contributed by atoms with Crippen LogP contribution in [0.4, 0.5) is 0 Å². The summed E-state index contributed by atoms with van der Waals surface area (Å²) in [6.45, 7) is 3.34. The van der Waals surface area contributed by atoms with Gasteiger partial charge in [0.05, 0.1) is 16.9 Å². The van der Waals surface area contributed by atoms with Crippen molar-refractivity contribution >= 4 is 33.2 Å². The maximum Gasteiger partial charge on any atom is 0.319 e. The smallest absolute Gasteiger partial charge is 0.319 e. The van der Waals surface area contributed by atoms with E-state index in [0.717, 1.165) is 16.8 Å². The zero-order valence-corrected chi connectivity index (χ0v) is 11.0.